The predicted octanol–water partition coefficient (Wildman–Crippen LogP) is -1.22. The van der Waals surface area contributed by atoms with Crippen LogP contribution in [-0.4, -0.2) is 57.7 Å². The first-order valence-corrected chi connectivity index (χ1v) is 6.65. The van der Waals surface area contributed by atoms with Gasteiger partial charge < -0.3 is 10.2 Å². The standard InChI is InChI=1S/C8H17N3O3S.ClH/c1-6(10-15(3,13)14)8(12)11(2)7-4-9-5-7;/h6-7,9-10H,4-5H2,1-3H3;1H. The Morgan fingerprint density at radius 2 is 2.00 bits per heavy atom. The van der Waals surface area contributed by atoms with Crippen LogP contribution >= 0.6 is 12.4 Å². The number of carbonyl (C=O) groups is 1. The van der Waals surface area contributed by atoms with Gasteiger partial charge >= 0.3 is 0 Å². The lowest BCUT2D eigenvalue weighted by molar-refractivity contribution is -0.134. The van der Waals surface area contributed by atoms with Crippen LogP contribution in [0.4, 0.5) is 0 Å². The summed E-state index contributed by atoms with van der Waals surface area (Å²) in [6, 6.07) is -0.521. The molecule has 16 heavy (non-hydrogen) atoms. The molecule has 0 aromatic heterocycles. The van der Waals surface area contributed by atoms with Crippen molar-refractivity contribution in [3.8, 4) is 0 Å². The minimum Gasteiger partial charge on any atom is -0.339 e. The number of sulfonamides is 1. The van der Waals surface area contributed by atoms with Gasteiger partial charge in [-0.25, -0.2) is 13.1 Å². The molecule has 0 saturated carbocycles. The SMILES string of the molecule is CC(NS(C)(=O)=O)C(=O)N(C)C1CNC1.Cl. The van der Waals surface area contributed by atoms with E-state index in [1.807, 2.05) is 0 Å². The Bertz CT molecular complexity index is 342. The van der Waals surface area contributed by atoms with Gasteiger partial charge in [0.2, 0.25) is 15.9 Å². The summed E-state index contributed by atoms with van der Waals surface area (Å²) in [5.41, 5.74) is 0. The van der Waals surface area contributed by atoms with Crippen LogP contribution < -0.4 is 10.0 Å². The van der Waals surface area contributed by atoms with E-state index in [1.165, 1.54) is 0 Å². The van der Waals surface area contributed by atoms with Gasteiger partial charge in [-0.1, -0.05) is 0 Å². The van der Waals surface area contributed by atoms with E-state index in [9.17, 15) is 13.2 Å². The second kappa shape index (κ2) is 5.81. The maximum Gasteiger partial charge on any atom is 0.240 e. The van der Waals surface area contributed by atoms with Gasteiger partial charge in [-0.05, 0) is 6.92 Å². The molecule has 1 unspecified atom stereocenters. The fourth-order valence-electron chi connectivity index (χ4n) is 1.40. The third-order valence-electron chi connectivity index (χ3n) is 2.42. The fraction of sp³-hybridized carbons (Fsp3) is 0.875. The number of carbonyl (C=O) groups excluding carboxylic acids is 1. The first-order valence-electron chi connectivity index (χ1n) is 4.76. The van der Waals surface area contributed by atoms with Crippen molar-refractivity contribution >= 4 is 28.3 Å². The van der Waals surface area contributed by atoms with Crippen molar-refractivity contribution < 1.29 is 13.2 Å². The lowest BCUT2D eigenvalue weighted by atomic mass is 10.1. The van der Waals surface area contributed by atoms with Gasteiger partial charge in [-0.2, -0.15) is 0 Å². The van der Waals surface area contributed by atoms with Gasteiger partial charge in [-0.15, -0.1) is 12.4 Å². The summed E-state index contributed by atoms with van der Waals surface area (Å²) < 4.78 is 24.1. The number of nitrogens with one attached hydrogen (secondary N) is 2. The van der Waals surface area contributed by atoms with E-state index in [2.05, 4.69) is 10.0 Å². The Balaban J connectivity index is 0.00000225. The highest BCUT2D eigenvalue weighted by Gasteiger charge is 2.29. The van der Waals surface area contributed by atoms with E-state index in [-0.39, 0.29) is 24.4 Å². The average Bonchev–Trinajstić information content (AvgIpc) is 1.96. The zero-order chi connectivity index (χ0) is 11.6. The zero-order valence-corrected chi connectivity index (χ0v) is 11.2. The van der Waals surface area contributed by atoms with Crippen LogP contribution in [-0.2, 0) is 14.8 Å². The molecule has 1 aliphatic rings. The summed E-state index contributed by atoms with van der Waals surface area (Å²) in [4.78, 5) is 13.3. The largest absolute Gasteiger partial charge is 0.339 e. The van der Waals surface area contributed by atoms with E-state index < -0.39 is 16.1 Å². The van der Waals surface area contributed by atoms with Crippen LogP contribution in [0.25, 0.3) is 0 Å². The molecule has 0 bridgehead atoms. The molecule has 1 heterocycles. The number of amides is 1. The summed E-state index contributed by atoms with van der Waals surface area (Å²) in [7, 11) is -1.64. The molecule has 1 atom stereocenters. The Kier molecular flexibility index (Phi) is 5.67. The minimum atomic E-state index is -3.33. The molecule has 0 radical (unpaired) electrons. The topological polar surface area (TPSA) is 78.5 Å². The van der Waals surface area contributed by atoms with Gasteiger partial charge in [0.25, 0.3) is 0 Å². The summed E-state index contributed by atoms with van der Waals surface area (Å²) in [5.74, 6) is -0.202. The van der Waals surface area contributed by atoms with Crippen LogP contribution in [0, 0.1) is 0 Å². The number of likely N-dealkylation sites (N-methyl/N-ethyl adjacent to an activating group) is 1. The molecule has 1 aliphatic heterocycles. The number of nitrogens with zero attached hydrogens (tertiary/aromatic N) is 1. The molecule has 6 nitrogen and oxygen atoms in total. The maximum absolute atomic E-state index is 11.7. The highest BCUT2D eigenvalue weighted by atomic mass is 35.5. The molecule has 2 N–H and O–H groups in total. The van der Waals surface area contributed by atoms with E-state index >= 15 is 0 Å². The molecule has 0 aromatic carbocycles. The normalized spacial score (nSPS) is 18.2. The second-order valence-corrected chi connectivity index (χ2v) is 5.65. The lowest BCUT2D eigenvalue weighted by Gasteiger charge is -2.36. The van der Waals surface area contributed by atoms with Crippen LogP contribution in [0.5, 0.6) is 0 Å². The molecule has 1 fully saturated rings. The molecule has 0 aromatic rings. The molecule has 8 heteroatoms. The number of hydrogen-bond acceptors (Lipinski definition) is 4. The molecular formula is C8H18ClN3O3S. The molecule has 96 valence electrons. The highest BCUT2D eigenvalue weighted by Crippen LogP contribution is 2.04. The molecule has 0 aliphatic carbocycles. The van der Waals surface area contributed by atoms with Crippen LogP contribution in [0.1, 0.15) is 6.92 Å². The predicted molar refractivity (Wildman–Crippen MR) is 64.1 cm³/mol. The van der Waals surface area contributed by atoms with Crippen LogP contribution in [0.15, 0.2) is 0 Å². The van der Waals surface area contributed by atoms with Crippen molar-refractivity contribution in [2.45, 2.75) is 19.0 Å². The van der Waals surface area contributed by atoms with Crippen molar-refractivity contribution in [3.63, 3.8) is 0 Å². The quantitative estimate of drug-likeness (QED) is 0.672. The Morgan fingerprint density at radius 1 is 1.50 bits per heavy atom. The maximum atomic E-state index is 11.7. The van der Waals surface area contributed by atoms with E-state index in [0.717, 1.165) is 19.3 Å². The van der Waals surface area contributed by atoms with Crippen LogP contribution in [0.3, 0.4) is 0 Å². The van der Waals surface area contributed by atoms with Crippen molar-refractivity contribution in [3.05, 3.63) is 0 Å². The van der Waals surface area contributed by atoms with Gasteiger partial charge in [0.05, 0.1) is 18.3 Å². The van der Waals surface area contributed by atoms with Gasteiger partial charge in [-0.3, -0.25) is 4.79 Å². The molecule has 1 amide bonds. The monoisotopic (exact) mass is 271 g/mol. The fourth-order valence-corrected chi connectivity index (χ4v) is 2.15. The first kappa shape index (κ1) is 15.6. The second-order valence-electron chi connectivity index (χ2n) is 3.87. The molecular weight excluding hydrogens is 254 g/mol. The van der Waals surface area contributed by atoms with Crippen molar-refractivity contribution in [2.24, 2.45) is 0 Å². The van der Waals surface area contributed by atoms with Crippen LogP contribution in [0.2, 0.25) is 0 Å². The van der Waals surface area contributed by atoms with Crippen molar-refractivity contribution in [1.82, 2.24) is 14.9 Å². The Morgan fingerprint density at radius 3 is 2.31 bits per heavy atom. The Labute approximate surface area is 102 Å². The molecule has 1 rings (SSSR count). The first-order chi connectivity index (χ1) is 6.81. The zero-order valence-electron chi connectivity index (χ0n) is 9.56. The van der Waals surface area contributed by atoms with Crippen molar-refractivity contribution in [1.29, 1.82) is 0 Å². The van der Waals surface area contributed by atoms with E-state index in [1.54, 1.807) is 18.9 Å². The number of rotatable bonds is 4. The summed E-state index contributed by atoms with van der Waals surface area (Å²) in [5, 5.41) is 3.05. The van der Waals surface area contributed by atoms with Crippen molar-refractivity contribution in [2.75, 3.05) is 26.4 Å². The van der Waals surface area contributed by atoms with E-state index in [4.69, 9.17) is 0 Å². The highest BCUT2D eigenvalue weighted by molar-refractivity contribution is 7.88. The lowest BCUT2D eigenvalue weighted by Crippen LogP contribution is -2.60. The summed E-state index contributed by atoms with van der Waals surface area (Å²) >= 11 is 0. The van der Waals surface area contributed by atoms with Gasteiger partial charge in [0.1, 0.15) is 0 Å². The number of halogens is 1. The van der Waals surface area contributed by atoms with Gasteiger partial charge in [0.15, 0.2) is 0 Å². The summed E-state index contributed by atoms with van der Waals surface area (Å²) in [6.45, 7) is 3.09. The Hall–Kier alpha value is -0.370. The minimum absolute atomic E-state index is 0. The third-order valence-corrected chi connectivity index (χ3v) is 3.20. The third kappa shape index (κ3) is 4.25. The molecule has 0 spiro atoms. The van der Waals surface area contributed by atoms with E-state index in [0.29, 0.717) is 0 Å². The molecule has 1 saturated heterocycles. The summed E-state index contributed by atoms with van der Waals surface area (Å²) in [6.07, 6.45) is 1.04. The van der Waals surface area contributed by atoms with Gasteiger partial charge in [0, 0.05) is 20.1 Å². The average molecular weight is 272 g/mol. The number of hydrogen-bond donors (Lipinski definition) is 2. The smallest absolute Gasteiger partial charge is 0.240 e.